The minimum absolute atomic E-state index is 0.0385. The lowest BCUT2D eigenvalue weighted by atomic mass is 10.1. The molecule has 1 amide bonds. The van der Waals surface area contributed by atoms with E-state index in [4.69, 9.17) is 14.6 Å². The van der Waals surface area contributed by atoms with Crippen molar-refractivity contribution in [2.24, 2.45) is 0 Å². The van der Waals surface area contributed by atoms with Gasteiger partial charge in [-0.15, -0.1) is 0 Å². The van der Waals surface area contributed by atoms with E-state index >= 15 is 0 Å². The van der Waals surface area contributed by atoms with Gasteiger partial charge in [0.1, 0.15) is 0 Å². The lowest BCUT2D eigenvalue weighted by Crippen LogP contribution is -2.52. The average molecular weight is 281 g/mol. The fourth-order valence-electron chi connectivity index (χ4n) is 2.04. The number of aromatic hydroxyl groups is 1. The summed E-state index contributed by atoms with van der Waals surface area (Å²) in [5, 5.41) is 18.8. The Bertz CT molecular complexity index is 530. The van der Waals surface area contributed by atoms with Crippen molar-refractivity contribution in [2.45, 2.75) is 6.04 Å². The number of hydrogen-bond donors (Lipinski definition) is 2. The number of amides is 1. The molecule has 2 rings (SSSR count). The number of methoxy groups -OCH3 is 1. The number of carboxylic acids is 1. The number of phenolic OH excluding ortho intramolecular Hbond substituents is 1. The van der Waals surface area contributed by atoms with Crippen molar-refractivity contribution < 1.29 is 29.3 Å². The molecule has 0 bridgehead atoms. The molecule has 0 radical (unpaired) electrons. The molecule has 7 nitrogen and oxygen atoms in total. The van der Waals surface area contributed by atoms with Crippen LogP contribution in [0.4, 0.5) is 0 Å². The summed E-state index contributed by atoms with van der Waals surface area (Å²) in [6, 6.07) is 3.18. The van der Waals surface area contributed by atoms with E-state index in [-0.39, 0.29) is 36.8 Å². The molecule has 20 heavy (non-hydrogen) atoms. The van der Waals surface area contributed by atoms with Crippen molar-refractivity contribution in [3.05, 3.63) is 23.8 Å². The highest BCUT2D eigenvalue weighted by atomic mass is 16.5. The Hall–Kier alpha value is -2.28. The molecule has 1 aromatic carbocycles. The molecule has 0 aromatic heterocycles. The van der Waals surface area contributed by atoms with E-state index in [9.17, 15) is 14.7 Å². The molecule has 1 aliphatic heterocycles. The molecule has 1 saturated heterocycles. The molecule has 1 atom stereocenters. The van der Waals surface area contributed by atoms with Crippen LogP contribution in [0, 0.1) is 0 Å². The third kappa shape index (κ3) is 2.67. The summed E-state index contributed by atoms with van der Waals surface area (Å²) in [5.74, 6) is -1.49. The number of aliphatic carboxylic acids is 1. The number of rotatable bonds is 3. The quantitative estimate of drug-likeness (QED) is 0.828. The predicted octanol–water partition coefficient (Wildman–Crippen LogP) is 0.326. The summed E-state index contributed by atoms with van der Waals surface area (Å²) in [7, 11) is 1.40. The zero-order chi connectivity index (χ0) is 14.7. The van der Waals surface area contributed by atoms with Gasteiger partial charge in [-0.2, -0.15) is 0 Å². The minimum atomic E-state index is -1.12. The Morgan fingerprint density at radius 1 is 1.45 bits per heavy atom. The van der Waals surface area contributed by atoms with Crippen LogP contribution in [0.1, 0.15) is 10.4 Å². The Kier molecular flexibility index (Phi) is 4.09. The van der Waals surface area contributed by atoms with Crippen molar-refractivity contribution in [2.75, 3.05) is 26.9 Å². The van der Waals surface area contributed by atoms with E-state index in [0.717, 1.165) is 0 Å². The smallest absolute Gasteiger partial charge is 0.328 e. The van der Waals surface area contributed by atoms with Crippen LogP contribution in [0.2, 0.25) is 0 Å². The fraction of sp³-hybridized carbons (Fsp3) is 0.385. The van der Waals surface area contributed by atoms with Crippen LogP contribution < -0.4 is 4.74 Å². The largest absolute Gasteiger partial charge is 0.504 e. The summed E-state index contributed by atoms with van der Waals surface area (Å²) < 4.78 is 9.97. The van der Waals surface area contributed by atoms with E-state index in [2.05, 4.69) is 0 Å². The molecule has 1 aromatic rings. The van der Waals surface area contributed by atoms with E-state index in [0.29, 0.717) is 0 Å². The van der Waals surface area contributed by atoms with Gasteiger partial charge in [0.05, 0.1) is 20.3 Å². The Morgan fingerprint density at radius 3 is 2.80 bits per heavy atom. The number of benzene rings is 1. The van der Waals surface area contributed by atoms with Crippen LogP contribution in [0.5, 0.6) is 11.5 Å². The number of ether oxygens (including phenoxy) is 2. The van der Waals surface area contributed by atoms with Gasteiger partial charge >= 0.3 is 5.97 Å². The molecule has 0 saturated carbocycles. The van der Waals surface area contributed by atoms with E-state index in [1.54, 1.807) is 0 Å². The van der Waals surface area contributed by atoms with Gasteiger partial charge in [-0.1, -0.05) is 0 Å². The SMILES string of the molecule is COc1ccc(C(=O)N2CCOCC2C(=O)O)cc1O. The Morgan fingerprint density at radius 2 is 2.20 bits per heavy atom. The van der Waals surface area contributed by atoms with Gasteiger partial charge in [0.15, 0.2) is 17.5 Å². The minimum Gasteiger partial charge on any atom is -0.504 e. The van der Waals surface area contributed by atoms with Crippen LogP contribution in [-0.2, 0) is 9.53 Å². The first-order valence-corrected chi connectivity index (χ1v) is 6.03. The van der Waals surface area contributed by atoms with Gasteiger partial charge in [0, 0.05) is 12.1 Å². The first kappa shape index (κ1) is 14.1. The number of nitrogens with zero attached hydrogens (tertiary/aromatic N) is 1. The van der Waals surface area contributed by atoms with Crippen LogP contribution in [0.3, 0.4) is 0 Å². The molecule has 0 spiro atoms. The number of carboxylic acid groups (broad SMARTS) is 1. The lowest BCUT2D eigenvalue weighted by molar-refractivity contribution is -0.147. The van der Waals surface area contributed by atoms with Crippen LogP contribution in [0.25, 0.3) is 0 Å². The second-order valence-electron chi connectivity index (χ2n) is 4.31. The summed E-state index contributed by atoms with van der Waals surface area (Å²) in [4.78, 5) is 24.7. The van der Waals surface area contributed by atoms with Crippen LogP contribution >= 0.6 is 0 Å². The summed E-state index contributed by atoms with van der Waals surface area (Å²) in [6.07, 6.45) is 0. The molecule has 1 fully saturated rings. The number of morpholine rings is 1. The van der Waals surface area contributed by atoms with Gasteiger partial charge in [0.2, 0.25) is 0 Å². The first-order chi connectivity index (χ1) is 9.54. The highest BCUT2D eigenvalue weighted by molar-refractivity contribution is 5.97. The maximum absolute atomic E-state index is 12.3. The number of phenols is 1. The Balaban J connectivity index is 2.25. The molecule has 1 heterocycles. The topological polar surface area (TPSA) is 96.3 Å². The highest BCUT2D eigenvalue weighted by Crippen LogP contribution is 2.27. The number of carbonyl (C=O) groups is 2. The highest BCUT2D eigenvalue weighted by Gasteiger charge is 2.33. The van der Waals surface area contributed by atoms with Gasteiger partial charge in [-0.05, 0) is 18.2 Å². The zero-order valence-corrected chi connectivity index (χ0v) is 10.9. The van der Waals surface area contributed by atoms with Gasteiger partial charge in [-0.3, -0.25) is 4.79 Å². The zero-order valence-electron chi connectivity index (χ0n) is 10.9. The van der Waals surface area contributed by atoms with E-state index in [1.807, 2.05) is 0 Å². The second kappa shape index (κ2) is 5.79. The normalized spacial score (nSPS) is 18.6. The fourth-order valence-corrected chi connectivity index (χ4v) is 2.04. The molecular formula is C13H15NO6. The lowest BCUT2D eigenvalue weighted by Gasteiger charge is -2.32. The monoisotopic (exact) mass is 281 g/mol. The van der Waals surface area contributed by atoms with Crippen molar-refractivity contribution in [3.8, 4) is 11.5 Å². The van der Waals surface area contributed by atoms with Crippen LogP contribution in [0.15, 0.2) is 18.2 Å². The molecule has 108 valence electrons. The van der Waals surface area contributed by atoms with E-state index in [1.165, 1.54) is 30.2 Å². The maximum Gasteiger partial charge on any atom is 0.328 e. The number of hydrogen-bond acceptors (Lipinski definition) is 5. The molecular weight excluding hydrogens is 266 g/mol. The average Bonchev–Trinajstić information content (AvgIpc) is 2.46. The predicted molar refractivity (Wildman–Crippen MR) is 67.9 cm³/mol. The van der Waals surface area contributed by atoms with Gasteiger partial charge in [0.25, 0.3) is 5.91 Å². The van der Waals surface area contributed by atoms with Crippen molar-refractivity contribution in [1.29, 1.82) is 0 Å². The van der Waals surface area contributed by atoms with Crippen molar-refractivity contribution in [1.82, 2.24) is 4.90 Å². The molecule has 0 aliphatic carbocycles. The maximum atomic E-state index is 12.3. The molecule has 7 heteroatoms. The second-order valence-corrected chi connectivity index (χ2v) is 4.31. The third-order valence-corrected chi connectivity index (χ3v) is 3.10. The molecule has 1 unspecified atom stereocenters. The van der Waals surface area contributed by atoms with Crippen LogP contribution in [-0.4, -0.2) is 59.9 Å². The van der Waals surface area contributed by atoms with E-state index < -0.39 is 17.9 Å². The summed E-state index contributed by atoms with van der Waals surface area (Å²) in [6.45, 7) is 0.448. The third-order valence-electron chi connectivity index (χ3n) is 3.10. The van der Waals surface area contributed by atoms with Gasteiger partial charge < -0.3 is 24.6 Å². The number of carbonyl (C=O) groups excluding carboxylic acids is 1. The van der Waals surface area contributed by atoms with Gasteiger partial charge in [-0.25, -0.2) is 4.79 Å². The standard InChI is InChI=1S/C13H15NO6/c1-19-11-3-2-8(6-10(11)15)12(16)14-4-5-20-7-9(14)13(17)18/h2-3,6,9,15H,4-5,7H2,1H3,(H,17,18). The Labute approximate surface area is 115 Å². The van der Waals surface area contributed by atoms with Crippen molar-refractivity contribution in [3.63, 3.8) is 0 Å². The summed E-state index contributed by atoms with van der Waals surface area (Å²) in [5.41, 5.74) is 0.205. The first-order valence-electron chi connectivity index (χ1n) is 6.03. The molecule has 2 N–H and O–H groups in total. The summed E-state index contributed by atoms with van der Waals surface area (Å²) >= 11 is 0. The molecule has 1 aliphatic rings. The van der Waals surface area contributed by atoms with Crippen molar-refractivity contribution >= 4 is 11.9 Å².